The first-order chi connectivity index (χ1) is 16.3. The number of benzene rings is 1. The van der Waals surface area contributed by atoms with E-state index in [0.29, 0.717) is 24.2 Å². The highest BCUT2D eigenvalue weighted by molar-refractivity contribution is 5.83. The fourth-order valence-electron chi connectivity index (χ4n) is 2.59. The van der Waals surface area contributed by atoms with Gasteiger partial charge in [0.15, 0.2) is 11.5 Å². The van der Waals surface area contributed by atoms with Crippen molar-refractivity contribution < 1.29 is 38.5 Å². The number of methoxy groups -OCH3 is 1. The highest BCUT2D eigenvalue weighted by Crippen LogP contribution is 2.28. The highest BCUT2D eigenvalue weighted by atomic mass is 16.9. The number of carbonyl (C=O) groups excluding carboxylic acids is 3. The molecule has 0 fully saturated rings. The van der Waals surface area contributed by atoms with E-state index in [1.54, 1.807) is 30.4 Å². The summed E-state index contributed by atoms with van der Waals surface area (Å²) < 4.78 is 15.5. The molecule has 0 unspecified atom stereocenters. The van der Waals surface area contributed by atoms with Crippen LogP contribution in [0.4, 0.5) is 0 Å². The van der Waals surface area contributed by atoms with Crippen LogP contribution in [0.25, 0.3) is 6.08 Å². The summed E-state index contributed by atoms with van der Waals surface area (Å²) in [6.07, 6.45) is 9.20. The number of nitrogens with one attached hydrogen (secondary N) is 1. The van der Waals surface area contributed by atoms with Gasteiger partial charge in [-0.05, 0) is 50.0 Å². The van der Waals surface area contributed by atoms with Crippen LogP contribution in [0.1, 0.15) is 44.6 Å². The van der Waals surface area contributed by atoms with Gasteiger partial charge in [-0.2, -0.15) is 0 Å². The molecule has 0 radical (unpaired) electrons. The zero-order valence-electron chi connectivity index (χ0n) is 19.3. The number of unbranched alkanes of at least 4 members (excludes halogenated alkanes) is 1. The Bertz CT molecular complexity index is 881. The van der Waals surface area contributed by atoms with Gasteiger partial charge in [0, 0.05) is 12.8 Å². The van der Waals surface area contributed by atoms with Gasteiger partial charge in [0.25, 0.3) is 5.09 Å². The lowest BCUT2D eigenvalue weighted by Gasteiger charge is -2.10. The van der Waals surface area contributed by atoms with Gasteiger partial charge in [-0.15, -0.1) is 10.1 Å². The Morgan fingerprint density at radius 3 is 2.59 bits per heavy atom. The molecule has 1 N–H and O–H groups in total. The molecular formula is C23H30N2O9. The summed E-state index contributed by atoms with van der Waals surface area (Å²) >= 11 is 0. The van der Waals surface area contributed by atoms with Gasteiger partial charge in [-0.3, -0.25) is 9.59 Å². The Balaban J connectivity index is 2.44. The SMILES string of the molecule is C/C=C\CCCC(=O)NCC(=O)Oc1ccc(/C=C/COC(=O)CCCO[N+](=O)[O-])cc1OC. The number of rotatable bonds is 16. The molecule has 34 heavy (non-hydrogen) atoms. The van der Waals surface area contributed by atoms with Gasteiger partial charge in [-0.25, -0.2) is 4.79 Å². The molecule has 0 aliphatic rings. The maximum Gasteiger partial charge on any atom is 0.330 e. The molecule has 0 atom stereocenters. The minimum absolute atomic E-state index is 0.00617. The topological polar surface area (TPSA) is 143 Å². The lowest BCUT2D eigenvalue weighted by atomic mass is 10.2. The van der Waals surface area contributed by atoms with E-state index in [2.05, 4.69) is 10.2 Å². The Kier molecular flexibility index (Phi) is 13.8. The van der Waals surface area contributed by atoms with Gasteiger partial charge in [0.2, 0.25) is 5.91 Å². The van der Waals surface area contributed by atoms with Gasteiger partial charge >= 0.3 is 11.9 Å². The van der Waals surface area contributed by atoms with Crippen molar-refractivity contribution in [3.8, 4) is 11.5 Å². The molecule has 1 aromatic carbocycles. The number of ether oxygens (including phenoxy) is 3. The summed E-state index contributed by atoms with van der Waals surface area (Å²) in [5.41, 5.74) is 0.710. The third-order valence-electron chi connectivity index (χ3n) is 4.22. The summed E-state index contributed by atoms with van der Waals surface area (Å²) in [6.45, 7) is 1.51. The first-order valence-corrected chi connectivity index (χ1v) is 10.7. The molecule has 1 aromatic rings. The summed E-state index contributed by atoms with van der Waals surface area (Å²) in [4.78, 5) is 49.5. The van der Waals surface area contributed by atoms with Crippen LogP contribution >= 0.6 is 0 Å². The van der Waals surface area contributed by atoms with Crippen molar-refractivity contribution in [2.24, 2.45) is 0 Å². The zero-order valence-corrected chi connectivity index (χ0v) is 19.3. The largest absolute Gasteiger partial charge is 0.493 e. The van der Waals surface area contributed by atoms with E-state index in [-0.39, 0.29) is 44.3 Å². The lowest BCUT2D eigenvalue weighted by molar-refractivity contribution is -0.757. The number of carbonyl (C=O) groups is 3. The predicted octanol–water partition coefficient (Wildman–Crippen LogP) is 3.01. The second kappa shape index (κ2) is 16.7. The highest BCUT2D eigenvalue weighted by Gasteiger charge is 2.12. The molecule has 0 saturated carbocycles. The molecule has 1 rings (SSSR count). The van der Waals surface area contributed by atoms with Crippen LogP contribution in [0.5, 0.6) is 11.5 Å². The number of hydrogen-bond acceptors (Lipinski definition) is 9. The van der Waals surface area contributed by atoms with Crippen LogP contribution in [-0.4, -0.2) is 49.8 Å². The average Bonchev–Trinajstić information content (AvgIpc) is 2.81. The first kappa shape index (κ1) is 28.1. The third kappa shape index (κ3) is 12.8. The predicted molar refractivity (Wildman–Crippen MR) is 122 cm³/mol. The Morgan fingerprint density at radius 2 is 1.88 bits per heavy atom. The molecule has 0 heterocycles. The summed E-state index contributed by atoms with van der Waals surface area (Å²) in [5.74, 6) is -0.828. The minimum Gasteiger partial charge on any atom is -0.493 e. The van der Waals surface area contributed by atoms with Crippen molar-refractivity contribution in [1.82, 2.24) is 5.32 Å². The van der Waals surface area contributed by atoms with Gasteiger partial charge in [0.1, 0.15) is 13.2 Å². The summed E-state index contributed by atoms with van der Waals surface area (Å²) in [7, 11) is 1.43. The molecule has 0 saturated heterocycles. The Labute approximate surface area is 197 Å². The van der Waals surface area contributed by atoms with Crippen LogP contribution in [-0.2, 0) is 24.0 Å². The van der Waals surface area contributed by atoms with E-state index in [9.17, 15) is 24.5 Å². The van der Waals surface area contributed by atoms with E-state index in [1.807, 2.05) is 19.1 Å². The molecule has 186 valence electrons. The van der Waals surface area contributed by atoms with Crippen molar-refractivity contribution >= 4 is 23.9 Å². The van der Waals surface area contributed by atoms with Gasteiger partial charge in [0.05, 0.1) is 13.7 Å². The fraction of sp³-hybridized carbons (Fsp3) is 0.435. The molecule has 1 amide bonds. The van der Waals surface area contributed by atoms with E-state index in [0.717, 1.165) is 6.42 Å². The van der Waals surface area contributed by atoms with Crippen molar-refractivity contribution in [2.75, 3.05) is 26.9 Å². The molecular weight excluding hydrogens is 448 g/mol. The van der Waals surface area contributed by atoms with Crippen LogP contribution in [0.15, 0.2) is 36.4 Å². The third-order valence-corrected chi connectivity index (χ3v) is 4.22. The second-order valence-corrected chi connectivity index (χ2v) is 6.87. The maximum absolute atomic E-state index is 12.0. The normalized spacial score (nSPS) is 10.8. The molecule has 11 nitrogen and oxygen atoms in total. The number of hydrogen-bond donors (Lipinski definition) is 1. The Hall–Kier alpha value is -3.89. The molecule has 0 aliphatic heterocycles. The minimum atomic E-state index is -0.916. The zero-order chi connectivity index (χ0) is 25.2. The van der Waals surface area contributed by atoms with Crippen molar-refractivity contribution in [1.29, 1.82) is 0 Å². The van der Waals surface area contributed by atoms with Crippen LogP contribution < -0.4 is 14.8 Å². The average molecular weight is 478 g/mol. The van der Waals surface area contributed by atoms with E-state index in [1.165, 1.54) is 7.11 Å². The van der Waals surface area contributed by atoms with Crippen molar-refractivity contribution in [2.45, 2.75) is 39.0 Å². The quantitative estimate of drug-likeness (QED) is 0.0947. The summed E-state index contributed by atoms with van der Waals surface area (Å²) in [6, 6.07) is 4.87. The van der Waals surface area contributed by atoms with Crippen LogP contribution in [0.3, 0.4) is 0 Å². The van der Waals surface area contributed by atoms with Gasteiger partial charge in [-0.1, -0.05) is 24.3 Å². The maximum atomic E-state index is 12.0. The molecule has 0 bridgehead atoms. The van der Waals surface area contributed by atoms with Gasteiger partial charge < -0.3 is 24.4 Å². The van der Waals surface area contributed by atoms with Crippen LogP contribution in [0, 0.1) is 10.1 Å². The second-order valence-electron chi connectivity index (χ2n) is 6.87. The first-order valence-electron chi connectivity index (χ1n) is 10.7. The molecule has 0 aromatic heterocycles. The number of esters is 2. The Morgan fingerprint density at radius 1 is 1.09 bits per heavy atom. The van der Waals surface area contributed by atoms with E-state index >= 15 is 0 Å². The fourth-order valence-corrected chi connectivity index (χ4v) is 2.59. The van der Waals surface area contributed by atoms with E-state index < -0.39 is 17.0 Å². The number of amides is 1. The van der Waals surface area contributed by atoms with Crippen molar-refractivity contribution in [3.63, 3.8) is 0 Å². The van der Waals surface area contributed by atoms with E-state index in [4.69, 9.17) is 14.2 Å². The lowest BCUT2D eigenvalue weighted by Crippen LogP contribution is -2.31. The molecule has 11 heteroatoms. The molecule has 0 spiro atoms. The number of nitrogens with zero attached hydrogens (tertiary/aromatic N) is 1. The number of allylic oxidation sites excluding steroid dienone is 2. The smallest absolute Gasteiger partial charge is 0.330 e. The summed E-state index contributed by atoms with van der Waals surface area (Å²) in [5, 5.41) is 11.6. The van der Waals surface area contributed by atoms with Crippen LogP contribution in [0.2, 0.25) is 0 Å². The monoisotopic (exact) mass is 478 g/mol. The van der Waals surface area contributed by atoms with Crippen molar-refractivity contribution in [3.05, 3.63) is 52.1 Å². The standard InChI is InChI=1S/C23H30N2O9/c1-3-4-5-6-10-21(26)24-17-23(28)34-19-13-12-18(16-20(19)31-2)9-7-14-32-22(27)11-8-15-33-25(29)30/h3-4,7,9,12-13,16H,5-6,8,10-11,14-15,17H2,1-2H3,(H,24,26)/b4-3-,9-7+. The molecule has 0 aliphatic carbocycles.